The smallest absolute Gasteiger partial charge is 0.160 e. The van der Waals surface area contributed by atoms with E-state index in [1.165, 1.54) is 24.5 Å². The average molecular weight is 283 g/mol. The van der Waals surface area contributed by atoms with E-state index in [1.807, 2.05) is 6.07 Å². The lowest BCUT2D eigenvalue weighted by molar-refractivity contribution is 0.629. The number of hydrogen-bond acceptors (Lipinski definition) is 4. The SMILES string of the molecule is N#Cc1cnc(Nc2cc(Cl)c(F)c(Cl)c2)cn1. The Hall–Kier alpha value is -1.90. The molecule has 1 N–H and O–H groups in total. The van der Waals surface area contributed by atoms with Gasteiger partial charge in [-0.3, -0.25) is 0 Å². The van der Waals surface area contributed by atoms with E-state index >= 15 is 0 Å². The van der Waals surface area contributed by atoms with Crippen LogP contribution in [0.25, 0.3) is 0 Å². The average Bonchev–Trinajstić information content (AvgIpc) is 2.37. The third kappa shape index (κ3) is 2.67. The Labute approximate surface area is 112 Å². The minimum Gasteiger partial charge on any atom is -0.339 e. The van der Waals surface area contributed by atoms with Crippen LogP contribution in [-0.4, -0.2) is 9.97 Å². The molecule has 1 aromatic carbocycles. The fourth-order valence-electron chi connectivity index (χ4n) is 1.23. The summed E-state index contributed by atoms with van der Waals surface area (Å²) in [4.78, 5) is 7.78. The highest BCUT2D eigenvalue weighted by molar-refractivity contribution is 6.35. The van der Waals surface area contributed by atoms with Crippen LogP contribution in [0.2, 0.25) is 10.0 Å². The van der Waals surface area contributed by atoms with E-state index < -0.39 is 5.82 Å². The molecule has 0 atom stereocenters. The highest BCUT2D eigenvalue weighted by Crippen LogP contribution is 2.28. The Morgan fingerprint density at radius 3 is 2.33 bits per heavy atom. The topological polar surface area (TPSA) is 61.6 Å². The van der Waals surface area contributed by atoms with Gasteiger partial charge < -0.3 is 5.32 Å². The van der Waals surface area contributed by atoms with Crippen molar-refractivity contribution in [2.45, 2.75) is 0 Å². The van der Waals surface area contributed by atoms with E-state index in [0.29, 0.717) is 11.5 Å². The number of benzene rings is 1. The zero-order valence-electron chi connectivity index (χ0n) is 8.78. The van der Waals surface area contributed by atoms with Gasteiger partial charge >= 0.3 is 0 Å². The number of aromatic nitrogens is 2. The molecule has 0 saturated carbocycles. The van der Waals surface area contributed by atoms with Gasteiger partial charge in [-0.15, -0.1) is 0 Å². The van der Waals surface area contributed by atoms with Crippen LogP contribution in [0.1, 0.15) is 5.69 Å². The second-order valence-electron chi connectivity index (χ2n) is 3.28. The third-order valence-electron chi connectivity index (χ3n) is 2.02. The van der Waals surface area contributed by atoms with Gasteiger partial charge in [0.05, 0.1) is 22.4 Å². The second-order valence-corrected chi connectivity index (χ2v) is 4.09. The molecule has 1 aromatic heterocycles. The van der Waals surface area contributed by atoms with Crippen LogP contribution >= 0.6 is 23.2 Å². The lowest BCUT2D eigenvalue weighted by Crippen LogP contribution is -1.96. The summed E-state index contributed by atoms with van der Waals surface area (Å²) in [5.41, 5.74) is 0.682. The van der Waals surface area contributed by atoms with Crippen molar-refractivity contribution in [3.63, 3.8) is 0 Å². The third-order valence-corrected chi connectivity index (χ3v) is 2.57. The van der Waals surface area contributed by atoms with Gasteiger partial charge in [-0.25, -0.2) is 14.4 Å². The Morgan fingerprint density at radius 1 is 1.17 bits per heavy atom. The predicted octanol–water partition coefficient (Wildman–Crippen LogP) is 3.54. The summed E-state index contributed by atoms with van der Waals surface area (Å²) in [6.45, 7) is 0. The van der Waals surface area contributed by atoms with E-state index in [9.17, 15) is 4.39 Å². The molecule has 0 saturated heterocycles. The number of nitrogens with one attached hydrogen (secondary N) is 1. The Kier molecular flexibility index (Phi) is 3.60. The molecular formula is C11H5Cl2FN4. The molecule has 0 aliphatic carbocycles. The molecule has 0 aliphatic rings. The van der Waals surface area contributed by atoms with Gasteiger partial charge in [-0.2, -0.15) is 5.26 Å². The summed E-state index contributed by atoms with van der Waals surface area (Å²) in [6, 6.07) is 4.61. The van der Waals surface area contributed by atoms with Crippen LogP contribution in [0.4, 0.5) is 15.9 Å². The van der Waals surface area contributed by atoms with Gasteiger partial charge in [0.2, 0.25) is 0 Å². The molecule has 2 rings (SSSR count). The van der Waals surface area contributed by atoms with Gasteiger partial charge in [-0.05, 0) is 12.1 Å². The van der Waals surface area contributed by atoms with Gasteiger partial charge in [-0.1, -0.05) is 23.2 Å². The molecule has 0 spiro atoms. The first kappa shape index (κ1) is 12.6. The number of nitriles is 1. The normalized spacial score (nSPS) is 9.89. The first-order valence-electron chi connectivity index (χ1n) is 4.74. The molecule has 0 radical (unpaired) electrons. The molecule has 1 heterocycles. The monoisotopic (exact) mass is 282 g/mol. The summed E-state index contributed by atoms with van der Waals surface area (Å²) in [5.74, 6) is -0.275. The summed E-state index contributed by atoms with van der Waals surface area (Å²) in [5, 5.41) is 11.2. The predicted molar refractivity (Wildman–Crippen MR) is 66.4 cm³/mol. The lowest BCUT2D eigenvalue weighted by Gasteiger charge is -2.07. The molecule has 0 fully saturated rings. The van der Waals surface area contributed by atoms with E-state index in [1.54, 1.807) is 0 Å². The van der Waals surface area contributed by atoms with Gasteiger partial charge in [0.25, 0.3) is 0 Å². The van der Waals surface area contributed by atoms with Crippen molar-refractivity contribution in [2.75, 3.05) is 5.32 Å². The molecule has 0 aliphatic heterocycles. The maximum Gasteiger partial charge on any atom is 0.160 e. The van der Waals surface area contributed by atoms with Crippen molar-refractivity contribution in [2.24, 2.45) is 0 Å². The molecule has 18 heavy (non-hydrogen) atoms. The first-order valence-corrected chi connectivity index (χ1v) is 5.49. The molecule has 4 nitrogen and oxygen atoms in total. The lowest BCUT2D eigenvalue weighted by atomic mass is 10.3. The summed E-state index contributed by atoms with van der Waals surface area (Å²) in [7, 11) is 0. The Balaban J connectivity index is 2.26. The van der Waals surface area contributed by atoms with E-state index in [0.717, 1.165) is 0 Å². The fraction of sp³-hybridized carbons (Fsp3) is 0. The van der Waals surface area contributed by atoms with Crippen molar-refractivity contribution in [1.82, 2.24) is 9.97 Å². The van der Waals surface area contributed by atoms with Gasteiger partial charge in [0, 0.05) is 5.69 Å². The van der Waals surface area contributed by atoms with Crippen LogP contribution in [0.5, 0.6) is 0 Å². The highest BCUT2D eigenvalue weighted by atomic mass is 35.5. The summed E-state index contributed by atoms with van der Waals surface area (Å²) in [6.07, 6.45) is 2.69. The standard InChI is InChI=1S/C11H5Cl2FN4/c12-8-1-6(2-9(13)11(8)14)18-10-5-16-7(3-15)4-17-10/h1-2,4-5H,(H,17,18). The molecule has 0 unspecified atom stereocenters. The Bertz CT molecular complexity index is 599. The molecule has 0 bridgehead atoms. The zero-order chi connectivity index (χ0) is 13.1. The van der Waals surface area contributed by atoms with Crippen molar-refractivity contribution in [1.29, 1.82) is 5.26 Å². The maximum absolute atomic E-state index is 13.2. The number of hydrogen-bond donors (Lipinski definition) is 1. The van der Waals surface area contributed by atoms with E-state index in [4.69, 9.17) is 28.5 Å². The minimum atomic E-state index is -0.671. The molecule has 90 valence electrons. The minimum absolute atomic E-state index is 0.0911. The van der Waals surface area contributed by atoms with Crippen LogP contribution in [0.3, 0.4) is 0 Å². The van der Waals surface area contributed by atoms with Crippen molar-refractivity contribution < 1.29 is 4.39 Å². The largest absolute Gasteiger partial charge is 0.339 e. The molecule has 2 aromatic rings. The number of nitrogens with zero attached hydrogens (tertiary/aromatic N) is 3. The van der Waals surface area contributed by atoms with Crippen LogP contribution in [0, 0.1) is 17.1 Å². The van der Waals surface area contributed by atoms with Crippen molar-refractivity contribution in [3.8, 4) is 6.07 Å². The molecule has 7 heteroatoms. The number of rotatable bonds is 2. The van der Waals surface area contributed by atoms with Gasteiger partial charge in [0.1, 0.15) is 11.9 Å². The van der Waals surface area contributed by atoms with Crippen molar-refractivity contribution >= 4 is 34.7 Å². The summed E-state index contributed by atoms with van der Waals surface area (Å²) < 4.78 is 13.2. The van der Waals surface area contributed by atoms with E-state index in [2.05, 4.69) is 15.3 Å². The number of anilines is 2. The number of halogens is 3. The van der Waals surface area contributed by atoms with Gasteiger partial charge in [0.15, 0.2) is 11.5 Å². The highest BCUT2D eigenvalue weighted by Gasteiger charge is 2.08. The molecular weight excluding hydrogens is 278 g/mol. The zero-order valence-corrected chi connectivity index (χ0v) is 10.3. The van der Waals surface area contributed by atoms with Crippen LogP contribution < -0.4 is 5.32 Å². The second kappa shape index (κ2) is 5.17. The van der Waals surface area contributed by atoms with Crippen molar-refractivity contribution in [3.05, 3.63) is 46.1 Å². The van der Waals surface area contributed by atoms with Crippen LogP contribution in [-0.2, 0) is 0 Å². The van der Waals surface area contributed by atoms with E-state index in [-0.39, 0.29) is 15.7 Å². The quantitative estimate of drug-likeness (QED) is 0.856. The Morgan fingerprint density at radius 2 is 1.83 bits per heavy atom. The summed E-state index contributed by atoms with van der Waals surface area (Å²) >= 11 is 11.3. The first-order chi connectivity index (χ1) is 8.60. The maximum atomic E-state index is 13.2. The van der Waals surface area contributed by atoms with Crippen LogP contribution in [0.15, 0.2) is 24.5 Å². The molecule has 0 amide bonds. The fourth-order valence-corrected chi connectivity index (χ4v) is 1.71.